The van der Waals surface area contributed by atoms with Crippen LogP contribution in [0.2, 0.25) is 0 Å². The van der Waals surface area contributed by atoms with E-state index in [0.29, 0.717) is 13.1 Å². The molecule has 0 aliphatic carbocycles. The third-order valence-corrected chi connectivity index (χ3v) is 3.04. The van der Waals surface area contributed by atoms with Gasteiger partial charge in [-0.3, -0.25) is 14.9 Å². The van der Waals surface area contributed by atoms with Crippen LogP contribution >= 0.6 is 0 Å². The van der Waals surface area contributed by atoms with Gasteiger partial charge in [-0.1, -0.05) is 24.3 Å². The molecule has 0 atom stereocenters. The number of fused-ring (bicyclic) bond motifs is 1. The first-order valence-electron chi connectivity index (χ1n) is 5.94. The first-order valence-corrected chi connectivity index (χ1v) is 5.94. The Bertz CT molecular complexity index is 459. The fourth-order valence-electron chi connectivity index (χ4n) is 2.10. The van der Waals surface area contributed by atoms with Gasteiger partial charge in [0.1, 0.15) is 0 Å². The quantitative estimate of drug-likeness (QED) is 0.801. The Hall–Kier alpha value is -1.88. The second kappa shape index (κ2) is 5.64. The molecule has 2 rings (SSSR count). The number of carbonyl (C=O) groups is 2. The molecule has 5 heteroatoms. The highest BCUT2D eigenvalue weighted by molar-refractivity contribution is 5.79. The Labute approximate surface area is 105 Å². The minimum absolute atomic E-state index is 0.0502. The van der Waals surface area contributed by atoms with Gasteiger partial charge in [0.15, 0.2) is 0 Å². The molecule has 5 nitrogen and oxygen atoms in total. The van der Waals surface area contributed by atoms with Gasteiger partial charge >= 0.3 is 5.97 Å². The van der Waals surface area contributed by atoms with Crippen LogP contribution in [-0.4, -0.2) is 41.5 Å². The fraction of sp³-hybridized carbons (Fsp3) is 0.385. The molecule has 1 aromatic rings. The van der Waals surface area contributed by atoms with E-state index >= 15 is 0 Å². The van der Waals surface area contributed by atoms with Crippen molar-refractivity contribution < 1.29 is 14.7 Å². The average molecular weight is 248 g/mol. The molecule has 1 amide bonds. The highest BCUT2D eigenvalue weighted by Gasteiger charge is 2.19. The number of benzene rings is 1. The van der Waals surface area contributed by atoms with E-state index in [2.05, 4.69) is 11.4 Å². The first-order chi connectivity index (χ1) is 8.66. The van der Waals surface area contributed by atoms with Crippen molar-refractivity contribution in [2.24, 2.45) is 0 Å². The summed E-state index contributed by atoms with van der Waals surface area (Å²) in [5.74, 6) is -1.00. The number of hydrogen-bond donors (Lipinski definition) is 2. The Morgan fingerprint density at radius 1 is 1.22 bits per heavy atom. The topological polar surface area (TPSA) is 69.6 Å². The second-order valence-electron chi connectivity index (χ2n) is 4.33. The molecule has 1 aliphatic rings. The number of nitrogens with one attached hydrogen (secondary N) is 1. The Kier molecular flexibility index (Phi) is 3.94. The molecule has 1 aliphatic heterocycles. The van der Waals surface area contributed by atoms with E-state index in [1.54, 1.807) is 4.90 Å². The van der Waals surface area contributed by atoms with Crippen LogP contribution in [0.3, 0.4) is 0 Å². The summed E-state index contributed by atoms with van der Waals surface area (Å²) < 4.78 is 0. The normalized spacial score (nSPS) is 14.1. The minimum Gasteiger partial charge on any atom is -0.480 e. The van der Waals surface area contributed by atoms with Gasteiger partial charge in [-0.2, -0.15) is 0 Å². The molecule has 2 N–H and O–H groups in total. The van der Waals surface area contributed by atoms with Gasteiger partial charge in [0.2, 0.25) is 5.91 Å². The van der Waals surface area contributed by atoms with Gasteiger partial charge in [-0.15, -0.1) is 0 Å². The molecular weight excluding hydrogens is 232 g/mol. The lowest BCUT2D eigenvalue weighted by atomic mass is 10.00. The predicted molar refractivity (Wildman–Crippen MR) is 66.1 cm³/mol. The molecule has 0 fully saturated rings. The average Bonchev–Trinajstić information content (AvgIpc) is 2.37. The third kappa shape index (κ3) is 3.07. The highest BCUT2D eigenvalue weighted by Crippen LogP contribution is 2.18. The Balaban J connectivity index is 1.88. The number of hydrogen-bond acceptors (Lipinski definition) is 3. The monoisotopic (exact) mass is 248 g/mol. The molecule has 0 bridgehead atoms. The molecule has 0 radical (unpaired) electrons. The number of amides is 1. The third-order valence-electron chi connectivity index (χ3n) is 3.04. The van der Waals surface area contributed by atoms with E-state index in [9.17, 15) is 9.59 Å². The predicted octanol–water partition coefficient (Wildman–Crippen LogP) is 0.246. The number of aliphatic carboxylic acids is 1. The van der Waals surface area contributed by atoms with Crippen molar-refractivity contribution in [3.05, 3.63) is 35.4 Å². The van der Waals surface area contributed by atoms with Crippen LogP contribution in [0.4, 0.5) is 0 Å². The van der Waals surface area contributed by atoms with E-state index in [1.807, 2.05) is 18.2 Å². The second-order valence-corrected chi connectivity index (χ2v) is 4.33. The molecule has 0 saturated heterocycles. The van der Waals surface area contributed by atoms with Crippen LogP contribution in [0.5, 0.6) is 0 Å². The Morgan fingerprint density at radius 3 is 2.67 bits per heavy atom. The zero-order valence-corrected chi connectivity index (χ0v) is 10.1. The molecule has 0 unspecified atom stereocenters. The molecule has 1 aromatic carbocycles. The van der Waals surface area contributed by atoms with Crippen molar-refractivity contribution >= 4 is 11.9 Å². The molecule has 1 heterocycles. The standard InChI is InChI=1S/C13H16N2O3/c16-12(7-14-8-13(17)18)15-6-5-10-3-1-2-4-11(10)9-15/h1-4,14H,5-9H2,(H,17,18). The molecule has 96 valence electrons. The number of carboxylic acids is 1. The summed E-state index contributed by atoms with van der Waals surface area (Å²) in [6, 6.07) is 8.08. The maximum Gasteiger partial charge on any atom is 0.317 e. The first kappa shape index (κ1) is 12.6. The lowest BCUT2D eigenvalue weighted by Gasteiger charge is -2.28. The fourth-order valence-corrected chi connectivity index (χ4v) is 2.10. The number of carbonyl (C=O) groups excluding carboxylic acids is 1. The zero-order chi connectivity index (χ0) is 13.0. The summed E-state index contributed by atoms with van der Waals surface area (Å²) in [6.45, 7) is 1.21. The van der Waals surface area contributed by atoms with Crippen LogP contribution in [0.1, 0.15) is 11.1 Å². The van der Waals surface area contributed by atoms with E-state index < -0.39 is 5.97 Å². The highest BCUT2D eigenvalue weighted by atomic mass is 16.4. The SMILES string of the molecule is O=C(O)CNCC(=O)N1CCc2ccccc2C1. The van der Waals surface area contributed by atoms with Gasteiger partial charge in [-0.05, 0) is 17.5 Å². The van der Waals surface area contributed by atoms with Crippen LogP contribution < -0.4 is 5.32 Å². The van der Waals surface area contributed by atoms with Crippen LogP contribution in [-0.2, 0) is 22.6 Å². The largest absolute Gasteiger partial charge is 0.480 e. The zero-order valence-electron chi connectivity index (χ0n) is 10.1. The summed E-state index contributed by atoms with van der Waals surface area (Å²) in [6.07, 6.45) is 0.862. The summed E-state index contributed by atoms with van der Waals surface area (Å²) in [5, 5.41) is 11.1. The van der Waals surface area contributed by atoms with Crippen LogP contribution in [0.15, 0.2) is 24.3 Å². The van der Waals surface area contributed by atoms with Crippen LogP contribution in [0.25, 0.3) is 0 Å². The van der Waals surface area contributed by atoms with Crippen molar-refractivity contribution in [1.29, 1.82) is 0 Å². The maximum atomic E-state index is 11.9. The van der Waals surface area contributed by atoms with Gasteiger partial charge in [0, 0.05) is 13.1 Å². The van der Waals surface area contributed by atoms with Crippen molar-refractivity contribution in [1.82, 2.24) is 10.2 Å². The lowest BCUT2D eigenvalue weighted by Crippen LogP contribution is -2.42. The number of rotatable bonds is 4. The summed E-state index contributed by atoms with van der Waals surface area (Å²) in [7, 11) is 0. The molecule has 0 aromatic heterocycles. The van der Waals surface area contributed by atoms with Crippen molar-refractivity contribution in [2.45, 2.75) is 13.0 Å². The summed E-state index contributed by atoms with van der Waals surface area (Å²) in [4.78, 5) is 24.0. The summed E-state index contributed by atoms with van der Waals surface area (Å²) in [5.41, 5.74) is 2.47. The number of nitrogens with zero attached hydrogens (tertiary/aromatic N) is 1. The maximum absolute atomic E-state index is 11.9. The molecule has 0 spiro atoms. The van der Waals surface area contributed by atoms with Gasteiger partial charge in [0.05, 0.1) is 13.1 Å². The van der Waals surface area contributed by atoms with Gasteiger partial charge in [0.25, 0.3) is 0 Å². The molecular formula is C13H16N2O3. The molecule has 0 saturated carbocycles. The van der Waals surface area contributed by atoms with E-state index in [1.165, 1.54) is 11.1 Å². The minimum atomic E-state index is -0.952. The van der Waals surface area contributed by atoms with E-state index in [-0.39, 0.29) is 19.0 Å². The van der Waals surface area contributed by atoms with E-state index in [0.717, 1.165) is 6.42 Å². The van der Waals surface area contributed by atoms with Crippen molar-refractivity contribution in [3.8, 4) is 0 Å². The number of carboxylic acid groups (broad SMARTS) is 1. The van der Waals surface area contributed by atoms with Gasteiger partial charge in [-0.25, -0.2) is 0 Å². The van der Waals surface area contributed by atoms with E-state index in [4.69, 9.17) is 5.11 Å². The smallest absolute Gasteiger partial charge is 0.317 e. The Morgan fingerprint density at radius 2 is 1.94 bits per heavy atom. The summed E-state index contributed by atoms with van der Waals surface area (Å²) >= 11 is 0. The van der Waals surface area contributed by atoms with Gasteiger partial charge < -0.3 is 10.0 Å². The van der Waals surface area contributed by atoms with Crippen LogP contribution in [0, 0.1) is 0 Å². The lowest BCUT2D eigenvalue weighted by molar-refractivity contribution is -0.136. The van der Waals surface area contributed by atoms with Crippen molar-refractivity contribution in [3.63, 3.8) is 0 Å². The van der Waals surface area contributed by atoms with Crippen molar-refractivity contribution in [2.75, 3.05) is 19.6 Å². The molecule has 18 heavy (non-hydrogen) atoms.